The van der Waals surface area contributed by atoms with Crippen molar-refractivity contribution in [3.8, 4) is 0 Å². The number of benzene rings is 2. The number of carbonyl (C=O) groups excluding carboxylic acids is 4. The first kappa shape index (κ1) is 44.5. The van der Waals surface area contributed by atoms with Crippen LogP contribution in [0, 0.1) is 0 Å². The summed E-state index contributed by atoms with van der Waals surface area (Å²) < 4.78 is 9.95. The molecule has 2 aliphatic heterocycles. The van der Waals surface area contributed by atoms with Crippen LogP contribution in [0.15, 0.2) is 79.1 Å². The summed E-state index contributed by atoms with van der Waals surface area (Å²) in [6.45, 7) is 14.9. The van der Waals surface area contributed by atoms with Crippen molar-refractivity contribution < 1.29 is 28.7 Å². The average molecular weight is 848 g/mol. The van der Waals surface area contributed by atoms with Crippen molar-refractivity contribution in [1.29, 1.82) is 0 Å². The largest absolute Gasteiger partial charge is 0.462 e. The van der Waals surface area contributed by atoms with Crippen molar-refractivity contribution >= 4 is 64.5 Å². The fourth-order valence-electron chi connectivity index (χ4n) is 6.63. The molecule has 2 aromatic carbocycles. The number of para-hydroxylation sites is 1. The number of anilines is 3. The molecule has 16 heteroatoms. The van der Waals surface area contributed by atoms with E-state index in [9.17, 15) is 19.2 Å². The number of esters is 2. The van der Waals surface area contributed by atoms with Gasteiger partial charge >= 0.3 is 24.0 Å². The Kier molecular flexibility index (Phi) is 16.2. The van der Waals surface area contributed by atoms with Gasteiger partial charge in [-0.1, -0.05) is 85.6 Å². The Labute approximate surface area is 355 Å². The van der Waals surface area contributed by atoms with E-state index in [1.54, 1.807) is 35.8 Å². The molecule has 0 radical (unpaired) electrons. The van der Waals surface area contributed by atoms with E-state index in [-0.39, 0.29) is 18.1 Å². The molecule has 2 saturated heterocycles. The Morgan fingerprint density at radius 3 is 1.58 bits per heavy atom. The highest BCUT2D eigenvalue weighted by molar-refractivity contribution is 6.33. The van der Waals surface area contributed by atoms with E-state index in [2.05, 4.69) is 34.4 Å². The number of hydrogen-bond donors (Lipinski definition) is 2. The molecule has 0 unspecified atom stereocenters. The number of halogens is 2. The van der Waals surface area contributed by atoms with E-state index >= 15 is 0 Å². The summed E-state index contributed by atoms with van der Waals surface area (Å²) in [5.74, 6) is 0.653. The summed E-state index contributed by atoms with van der Waals surface area (Å²) in [5, 5.41) is 6.86. The Morgan fingerprint density at radius 1 is 0.661 bits per heavy atom. The summed E-state index contributed by atoms with van der Waals surface area (Å²) in [4.78, 5) is 65.2. The van der Waals surface area contributed by atoms with Gasteiger partial charge in [-0.25, -0.2) is 29.1 Å². The lowest BCUT2D eigenvalue weighted by atomic mass is 10.0. The number of hydrogen-bond acceptors (Lipinski definition) is 10. The molecular formula is C43H52Cl2N8O6. The molecule has 2 aromatic heterocycles. The fourth-order valence-corrected chi connectivity index (χ4v) is 7.20. The van der Waals surface area contributed by atoms with E-state index in [1.165, 1.54) is 12.4 Å². The van der Waals surface area contributed by atoms with Gasteiger partial charge < -0.3 is 39.7 Å². The minimum Gasteiger partial charge on any atom is -0.462 e. The van der Waals surface area contributed by atoms with Crippen molar-refractivity contribution in [2.24, 2.45) is 0 Å². The van der Waals surface area contributed by atoms with E-state index < -0.39 is 11.9 Å². The Hall–Kier alpha value is -5.60. The third-order valence-corrected chi connectivity index (χ3v) is 10.4. The van der Waals surface area contributed by atoms with Crippen LogP contribution in [-0.4, -0.2) is 109 Å². The third kappa shape index (κ3) is 12.0. The topological polar surface area (TPSA) is 150 Å². The van der Waals surface area contributed by atoms with Crippen LogP contribution in [0.3, 0.4) is 0 Å². The van der Waals surface area contributed by atoms with Crippen LogP contribution in [0.5, 0.6) is 0 Å². The number of ether oxygens (including phenoxy) is 2. The van der Waals surface area contributed by atoms with E-state index in [1.807, 2.05) is 71.3 Å². The smallest absolute Gasteiger partial charge is 0.339 e. The number of pyridine rings is 2. The number of nitrogens with one attached hydrogen (secondary N) is 2. The SMILES string of the molecule is CCOC(=O)c1cnc(N2CCN(C(=O)N[C@@H](C)c3ccccc3)CC2)c(Cl)c1.CCOC(=O)c1cnc(N2CCN(C(=O)Nc3ccccc3C(C)C)CC2)c(Cl)c1. The standard InChI is InChI=1S/C22H27ClN4O3.C21H25ClN4O3/c1-4-30-21(28)16-13-18(23)20(24-14-16)26-9-11-27(12-10-26)22(29)25-19-8-6-5-7-17(19)15(2)3;1-3-29-20(27)17-13-18(22)19(23-14-17)25-9-11-26(12-10-25)21(28)24-15(2)16-7-5-4-6-8-16/h5-8,13-15H,4,9-12H2,1-3H3,(H,25,29);4-8,13-15H,3,9-12H2,1-2H3,(H,24,28)/t;15-/m.0/s1. The van der Waals surface area contributed by atoms with Crippen LogP contribution < -0.4 is 20.4 Å². The second kappa shape index (κ2) is 21.4. The molecule has 0 aliphatic carbocycles. The van der Waals surface area contributed by atoms with E-state index in [0.29, 0.717) is 104 Å². The fraction of sp³-hybridized carbons (Fsp3) is 0.395. The molecule has 6 rings (SSSR count). The number of piperazine rings is 2. The second-order valence-electron chi connectivity index (χ2n) is 14.2. The molecule has 0 bridgehead atoms. The van der Waals surface area contributed by atoms with Gasteiger partial charge in [0.15, 0.2) is 0 Å². The molecule has 2 N–H and O–H groups in total. The predicted molar refractivity (Wildman–Crippen MR) is 231 cm³/mol. The third-order valence-electron chi connectivity index (χ3n) is 9.86. The molecule has 2 aliphatic rings. The van der Waals surface area contributed by atoms with Gasteiger partial charge in [0, 0.05) is 70.4 Å². The number of aromatic nitrogens is 2. The monoisotopic (exact) mass is 846 g/mol. The predicted octanol–water partition coefficient (Wildman–Crippen LogP) is 7.89. The average Bonchev–Trinajstić information content (AvgIpc) is 3.24. The minimum absolute atomic E-state index is 0.0618. The second-order valence-corrected chi connectivity index (χ2v) is 15.0. The van der Waals surface area contributed by atoms with Gasteiger partial charge in [0.05, 0.1) is 40.4 Å². The lowest BCUT2D eigenvalue weighted by Gasteiger charge is -2.36. The maximum atomic E-state index is 12.7. The van der Waals surface area contributed by atoms with Crippen molar-refractivity contribution in [3.05, 3.63) is 111 Å². The molecular weight excluding hydrogens is 795 g/mol. The van der Waals surface area contributed by atoms with Crippen LogP contribution in [0.25, 0.3) is 0 Å². The number of urea groups is 2. The summed E-state index contributed by atoms with van der Waals surface area (Å²) in [6.07, 6.45) is 2.95. The Morgan fingerprint density at radius 2 is 1.12 bits per heavy atom. The molecule has 0 saturated carbocycles. The zero-order valence-corrected chi connectivity index (χ0v) is 35.6. The molecule has 59 heavy (non-hydrogen) atoms. The zero-order valence-electron chi connectivity index (χ0n) is 34.1. The van der Waals surface area contributed by atoms with Gasteiger partial charge in [-0.05, 0) is 56.0 Å². The Bertz CT molecular complexity index is 2060. The van der Waals surface area contributed by atoms with E-state index in [4.69, 9.17) is 32.7 Å². The number of rotatable bonds is 10. The minimum atomic E-state index is -0.443. The molecule has 4 aromatic rings. The molecule has 4 amide bonds. The first-order valence-electron chi connectivity index (χ1n) is 19.8. The van der Waals surface area contributed by atoms with Crippen LogP contribution in [0.4, 0.5) is 26.9 Å². The van der Waals surface area contributed by atoms with E-state index in [0.717, 1.165) is 16.8 Å². The normalized spacial score (nSPS) is 14.5. The van der Waals surface area contributed by atoms with Crippen molar-refractivity contribution in [3.63, 3.8) is 0 Å². The first-order chi connectivity index (χ1) is 28.4. The van der Waals surface area contributed by atoms with Gasteiger partial charge in [0.1, 0.15) is 11.6 Å². The highest BCUT2D eigenvalue weighted by Gasteiger charge is 2.26. The summed E-state index contributed by atoms with van der Waals surface area (Å²) >= 11 is 12.7. The van der Waals surface area contributed by atoms with Crippen LogP contribution in [-0.2, 0) is 9.47 Å². The van der Waals surface area contributed by atoms with Gasteiger partial charge in [0.2, 0.25) is 0 Å². The zero-order chi connectivity index (χ0) is 42.5. The number of nitrogens with zero attached hydrogens (tertiary/aromatic N) is 6. The lowest BCUT2D eigenvalue weighted by molar-refractivity contribution is 0.0516. The molecule has 0 spiro atoms. The molecule has 4 heterocycles. The molecule has 14 nitrogen and oxygen atoms in total. The molecule has 2 fully saturated rings. The highest BCUT2D eigenvalue weighted by Crippen LogP contribution is 2.28. The van der Waals surface area contributed by atoms with Crippen molar-refractivity contribution in [1.82, 2.24) is 25.1 Å². The summed E-state index contributed by atoms with van der Waals surface area (Å²) in [6, 6.07) is 20.6. The van der Waals surface area contributed by atoms with Crippen LogP contribution in [0.2, 0.25) is 10.0 Å². The van der Waals surface area contributed by atoms with Crippen LogP contribution >= 0.6 is 23.2 Å². The quantitative estimate of drug-likeness (QED) is 0.151. The Balaban J connectivity index is 0.000000224. The first-order valence-corrected chi connectivity index (χ1v) is 20.6. The maximum absolute atomic E-state index is 12.7. The number of carbonyl (C=O) groups is 4. The van der Waals surface area contributed by atoms with Crippen LogP contribution in [0.1, 0.15) is 78.4 Å². The van der Waals surface area contributed by atoms with Gasteiger partial charge in [-0.3, -0.25) is 0 Å². The molecule has 1 atom stereocenters. The number of amides is 4. The summed E-state index contributed by atoms with van der Waals surface area (Å²) in [5.41, 5.74) is 3.68. The van der Waals surface area contributed by atoms with Gasteiger partial charge in [-0.2, -0.15) is 0 Å². The van der Waals surface area contributed by atoms with Gasteiger partial charge in [0.25, 0.3) is 0 Å². The highest BCUT2D eigenvalue weighted by atomic mass is 35.5. The summed E-state index contributed by atoms with van der Waals surface area (Å²) in [7, 11) is 0. The maximum Gasteiger partial charge on any atom is 0.339 e. The van der Waals surface area contributed by atoms with Gasteiger partial charge in [-0.15, -0.1) is 0 Å². The van der Waals surface area contributed by atoms with Crippen molar-refractivity contribution in [2.75, 3.05) is 80.7 Å². The lowest BCUT2D eigenvalue weighted by Crippen LogP contribution is -2.52. The van der Waals surface area contributed by atoms with Crippen molar-refractivity contribution in [2.45, 2.75) is 46.6 Å². The molecule has 314 valence electrons.